The van der Waals surface area contributed by atoms with Gasteiger partial charge in [0.15, 0.2) is 12.4 Å². The van der Waals surface area contributed by atoms with E-state index in [1.54, 1.807) is 18.2 Å². The lowest BCUT2D eigenvalue weighted by molar-refractivity contribution is -0.153. The van der Waals surface area contributed by atoms with Crippen molar-refractivity contribution in [3.63, 3.8) is 0 Å². The van der Waals surface area contributed by atoms with E-state index in [4.69, 9.17) is 9.47 Å². The van der Waals surface area contributed by atoms with Crippen LogP contribution in [0.15, 0.2) is 42.6 Å². The van der Waals surface area contributed by atoms with E-state index in [1.807, 2.05) is 4.90 Å². The summed E-state index contributed by atoms with van der Waals surface area (Å²) in [5, 5.41) is 0.642. The zero-order chi connectivity index (χ0) is 28.9. The number of fused-ring (bicyclic) bond motifs is 3. The minimum Gasteiger partial charge on any atom is -0.467 e. The van der Waals surface area contributed by atoms with Crippen molar-refractivity contribution in [1.29, 1.82) is 0 Å². The number of alkyl halides is 6. The first-order valence-corrected chi connectivity index (χ1v) is 12.9. The quantitative estimate of drug-likeness (QED) is 0.224. The van der Waals surface area contributed by atoms with Crippen LogP contribution in [0.5, 0.6) is 11.9 Å². The highest BCUT2D eigenvalue weighted by Crippen LogP contribution is 2.41. The number of benzene rings is 2. The third-order valence-electron chi connectivity index (χ3n) is 7.64. The van der Waals surface area contributed by atoms with E-state index in [2.05, 4.69) is 15.0 Å². The van der Waals surface area contributed by atoms with Crippen molar-refractivity contribution in [1.82, 2.24) is 19.9 Å². The molecule has 2 aliphatic heterocycles. The topological polar surface area (TPSA) is 60.4 Å². The van der Waals surface area contributed by atoms with E-state index in [-0.39, 0.29) is 41.8 Å². The maximum Gasteiger partial charge on any atom is 0.422 e. The Hall–Kier alpha value is -3.74. The molecule has 4 heterocycles. The maximum atomic E-state index is 16.1. The standard InChI is InChI=1S/C28H23F7N4O2/c29-17-10-27(7-2-8-39(27)12-17)13-41-26-37-23-20(25(38-26)40-14-28(33,34)35)11-36-22(21(23)30)19-4-1-3-15-9-16(24(31)32)5-6-18(15)19/h1,3-6,9,11,17,24H,2,7-8,10,12-14H2/t17-,27+/m1/s1. The summed E-state index contributed by atoms with van der Waals surface area (Å²) < 4.78 is 106. The molecule has 0 amide bonds. The summed E-state index contributed by atoms with van der Waals surface area (Å²) in [5.41, 5.74) is -1.14. The molecule has 0 radical (unpaired) electrons. The molecule has 0 spiro atoms. The van der Waals surface area contributed by atoms with Crippen molar-refractivity contribution in [3.8, 4) is 23.1 Å². The van der Waals surface area contributed by atoms with Gasteiger partial charge in [-0.1, -0.05) is 30.3 Å². The summed E-state index contributed by atoms with van der Waals surface area (Å²) in [6.45, 7) is -0.781. The van der Waals surface area contributed by atoms with Gasteiger partial charge in [-0.05, 0) is 36.2 Å². The van der Waals surface area contributed by atoms with Gasteiger partial charge in [0.25, 0.3) is 6.43 Å². The van der Waals surface area contributed by atoms with E-state index in [0.29, 0.717) is 23.7 Å². The molecule has 2 atom stereocenters. The Morgan fingerprint density at radius 3 is 2.68 bits per heavy atom. The largest absolute Gasteiger partial charge is 0.467 e. The molecule has 0 saturated carbocycles. The van der Waals surface area contributed by atoms with Crippen LogP contribution in [0.1, 0.15) is 31.3 Å². The molecule has 6 nitrogen and oxygen atoms in total. The summed E-state index contributed by atoms with van der Waals surface area (Å²) in [6.07, 6.45) is -5.61. The molecule has 13 heteroatoms. The first-order valence-electron chi connectivity index (χ1n) is 12.9. The Kier molecular flexibility index (Phi) is 6.87. The fourth-order valence-corrected chi connectivity index (χ4v) is 5.82. The number of aromatic nitrogens is 3. The van der Waals surface area contributed by atoms with Gasteiger partial charge < -0.3 is 9.47 Å². The van der Waals surface area contributed by atoms with Gasteiger partial charge >= 0.3 is 12.2 Å². The molecule has 0 bridgehead atoms. The van der Waals surface area contributed by atoms with Gasteiger partial charge in [0.1, 0.15) is 24.0 Å². The second-order valence-corrected chi connectivity index (χ2v) is 10.3. The van der Waals surface area contributed by atoms with E-state index < -0.39 is 54.1 Å². The fraction of sp³-hybridized carbons (Fsp3) is 0.393. The summed E-state index contributed by atoms with van der Waals surface area (Å²) in [7, 11) is 0. The number of ether oxygens (including phenoxy) is 2. The number of nitrogens with zero attached hydrogens (tertiary/aromatic N) is 4. The molecule has 2 aromatic carbocycles. The molecule has 2 saturated heterocycles. The van der Waals surface area contributed by atoms with E-state index in [0.717, 1.165) is 12.6 Å². The second kappa shape index (κ2) is 10.3. The minimum atomic E-state index is -4.70. The monoisotopic (exact) mass is 580 g/mol. The van der Waals surface area contributed by atoms with Crippen LogP contribution >= 0.6 is 0 Å². The third-order valence-corrected chi connectivity index (χ3v) is 7.64. The summed E-state index contributed by atoms with van der Waals surface area (Å²) >= 11 is 0. The molecule has 0 unspecified atom stereocenters. The average Bonchev–Trinajstić information content (AvgIpc) is 3.45. The molecule has 0 N–H and O–H groups in total. The molecule has 41 heavy (non-hydrogen) atoms. The van der Waals surface area contributed by atoms with Crippen LogP contribution in [0.25, 0.3) is 32.9 Å². The van der Waals surface area contributed by atoms with Gasteiger partial charge in [-0.2, -0.15) is 23.1 Å². The Morgan fingerprint density at radius 2 is 1.90 bits per heavy atom. The van der Waals surface area contributed by atoms with Gasteiger partial charge in [0.05, 0.1) is 10.9 Å². The molecular formula is C28H23F7N4O2. The van der Waals surface area contributed by atoms with Crippen LogP contribution in [0.3, 0.4) is 0 Å². The molecular weight excluding hydrogens is 557 g/mol. The van der Waals surface area contributed by atoms with Crippen LogP contribution in [0.2, 0.25) is 0 Å². The number of halogens is 7. The molecule has 2 aromatic heterocycles. The van der Waals surface area contributed by atoms with E-state index >= 15 is 4.39 Å². The Labute approximate surface area is 229 Å². The van der Waals surface area contributed by atoms with Crippen LogP contribution in [-0.4, -0.2) is 64.0 Å². The van der Waals surface area contributed by atoms with Crippen molar-refractivity contribution in [2.75, 3.05) is 26.3 Å². The van der Waals surface area contributed by atoms with Crippen molar-refractivity contribution >= 4 is 21.7 Å². The highest BCUT2D eigenvalue weighted by Gasteiger charge is 2.49. The lowest BCUT2D eigenvalue weighted by atomic mass is 9.95. The van der Waals surface area contributed by atoms with Gasteiger partial charge in [0, 0.05) is 30.3 Å². The normalized spacial score (nSPS) is 21.2. The molecule has 0 aliphatic carbocycles. The minimum absolute atomic E-state index is 0.0347. The smallest absolute Gasteiger partial charge is 0.422 e. The predicted molar refractivity (Wildman–Crippen MR) is 135 cm³/mol. The number of pyridine rings is 1. The molecule has 6 rings (SSSR count). The van der Waals surface area contributed by atoms with Gasteiger partial charge in [-0.3, -0.25) is 9.88 Å². The van der Waals surface area contributed by atoms with Gasteiger partial charge in [-0.25, -0.2) is 17.6 Å². The SMILES string of the molecule is Fc1c(-c2cccc3cc(C(F)F)ccc23)ncc2c(OCC(F)(F)F)nc(OC[C@@]34CCCN3C[C@H](F)C4)nc12. The second-order valence-electron chi connectivity index (χ2n) is 10.3. The summed E-state index contributed by atoms with van der Waals surface area (Å²) in [4.78, 5) is 14.2. The third kappa shape index (κ3) is 5.22. The van der Waals surface area contributed by atoms with Crippen LogP contribution in [0.4, 0.5) is 30.7 Å². The molecule has 4 aromatic rings. The Bertz CT molecular complexity index is 1620. The highest BCUT2D eigenvalue weighted by molar-refractivity contribution is 5.98. The first-order chi connectivity index (χ1) is 19.5. The Balaban J connectivity index is 1.42. The van der Waals surface area contributed by atoms with Crippen molar-refractivity contribution in [2.24, 2.45) is 0 Å². The van der Waals surface area contributed by atoms with Crippen LogP contribution in [0, 0.1) is 5.82 Å². The van der Waals surface area contributed by atoms with Crippen molar-refractivity contribution in [2.45, 2.75) is 43.6 Å². The lowest BCUT2D eigenvalue weighted by Gasteiger charge is -2.30. The number of hydrogen-bond acceptors (Lipinski definition) is 6. The zero-order valence-electron chi connectivity index (χ0n) is 21.4. The molecule has 2 aliphatic rings. The molecule has 2 fully saturated rings. The maximum absolute atomic E-state index is 16.1. The van der Waals surface area contributed by atoms with Crippen molar-refractivity contribution < 1.29 is 40.2 Å². The van der Waals surface area contributed by atoms with Crippen LogP contribution < -0.4 is 9.47 Å². The zero-order valence-corrected chi connectivity index (χ0v) is 21.4. The Morgan fingerprint density at radius 1 is 1.07 bits per heavy atom. The summed E-state index contributed by atoms with van der Waals surface area (Å²) in [6, 6.07) is 8.21. The van der Waals surface area contributed by atoms with E-state index in [1.165, 1.54) is 18.2 Å². The lowest BCUT2D eigenvalue weighted by Crippen LogP contribution is -2.43. The van der Waals surface area contributed by atoms with Gasteiger partial charge in [-0.15, -0.1) is 0 Å². The predicted octanol–water partition coefficient (Wildman–Crippen LogP) is 6.82. The van der Waals surface area contributed by atoms with Crippen molar-refractivity contribution in [3.05, 3.63) is 54.0 Å². The summed E-state index contributed by atoms with van der Waals surface area (Å²) in [5.74, 6) is -1.56. The average molecular weight is 581 g/mol. The van der Waals surface area contributed by atoms with Crippen LogP contribution in [-0.2, 0) is 0 Å². The molecule has 216 valence electrons. The fourth-order valence-electron chi connectivity index (χ4n) is 5.82. The van der Waals surface area contributed by atoms with E-state index in [9.17, 15) is 26.3 Å². The highest BCUT2D eigenvalue weighted by atomic mass is 19.4. The first kappa shape index (κ1) is 27.4. The number of hydrogen-bond donors (Lipinski definition) is 0. The number of rotatable bonds is 7. The van der Waals surface area contributed by atoms with Gasteiger partial charge in [0.2, 0.25) is 5.88 Å².